The molecule has 5 heteroatoms. The average Bonchev–Trinajstić information content (AvgIpc) is 2.85. The van der Waals surface area contributed by atoms with Gasteiger partial charge in [0.2, 0.25) is 5.91 Å². The molecule has 184 valence electrons. The molecule has 1 N–H and O–H groups in total. The Kier molecular flexibility index (Phi) is 9.55. The lowest BCUT2D eigenvalue weighted by Gasteiger charge is -2.26. The fourth-order valence-electron chi connectivity index (χ4n) is 4.75. The minimum atomic E-state index is -0.606. The van der Waals surface area contributed by atoms with Crippen LogP contribution in [0.3, 0.4) is 0 Å². The van der Waals surface area contributed by atoms with Gasteiger partial charge in [0.25, 0.3) is 0 Å². The number of fused-ring (bicyclic) bond motifs is 1. The van der Waals surface area contributed by atoms with E-state index in [0.29, 0.717) is 29.8 Å². The number of nitrogens with one attached hydrogen (secondary N) is 1. The van der Waals surface area contributed by atoms with Crippen LogP contribution < -0.4 is 14.8 Å². The molecule has 1 heterocycles. The number of rotatable bonds is 13. The van der Waals surface area contributed by atoms with Crippen molar-refractivity contribution < 1.29 is 19.1 Å². The number of benzene rings is 2. The summed E-state index contributed by atoms with van der Waals surface area (Å²) in [7, 11) is 3.31. The second-order valence-corrected chi connectivity index (χ2v) is 9.20. The molecule has 0 aliphatic carbocycles. The number of amides is 1. The monoisotopic (exact) mass is 465 g/mol. The summed E-state index contributed by atoms with van der Waals surface area (Å²) >= 11 is 0. The van der Waals surface area contributed by atoms with E-state index in [-0.39, 0.29) is 11.7 Å². The number of anilines is 1. The zero-order chi connectivity index (χ0) is 24.5. The second-order valence-electron chi connectivity index (χ2n) is 9.20. The first-order valence-electron chi connectivity index (χ1n) is 12.7. The Bertz CT molecular complexity index is 998. The molecule has 0 saturated heterocycles. The molecule has 2 aromatic rings. The molecule has 1 unspecified atom stereocenters. The Labute approximate surface area is 204 Å². The van der Waals surface area contributed by atoms with Gasteiger partial charge < -0.3 is 14.8 Å². The van der Waals surface area contributed by atoms with Gasteiger partial charge in [0.15, 0.2) is 5.78 Å². The van der Waals surface area contributed by atoms with Crippen LogP contribution in [0.25, 0.3) is 0 Å². The van der Waals surface area contributed by atoms with E-state index in [1.807, 2.05) is 12.1 Å². The molecule has 2 aromatic carbocycles. The van der Waals surface area contributed by atoms with Crippen molar-refractivity contribution in [3.8, 4) is 11.5 Å². The summed E-state index contributed by atoms with van der Waals surface area (Å²) in [6, 6.07) is 10.0. The molecule has 1 amide bonds. The molecule has 0 radical (unpaired) electrons. The van der Waals surface area contributed by atoms with Gasteiger partial charge >= 0.3 is 0 Å². The van der Waals surface area contributed by atoms with E-state index < -0.39 is 5.92 Å². The van der Waals surface area contributed by atoms with Crippen molar-refractivity contribution in [2.45, 2.75) is 78.1 Å². The summed E-state index contributed by atoms with van der Waals surface area (Å²) < 4.78 is 11.0. The average molecular weight is 466 g/mol. The molecule has 5 nitrogen and oxygen atoms in total. The highest BCUT2D eigenvalue weighted by Crippen LogP contribution is 2.35. The highest BCUT2D eigenvalue weighted by Gasteiger charge is 2.35. The van der Waals surface area contributed by atoms with Crippen molar-refractivity contribution in [1.82, 2.24) is 0 Å². The molecule has 1 aliphatic heterocycles. The van der Waals surface area contributed by atoms with Gasteiger partial charge in [-0.25, -0.2) is 0 Å². The highest BCUT2D eigenvalue weighted by atomic mass is 16.5. The quantitative estimate of drug-likeness (QED) is 0.269. The van der Waals surface area contributed by atoms with Crippen molar-refractivity contribution in [2.24, 2.45) is 5.92 Å². The van der Waals surface area contributed by atoms with Crippen LogP contribution in [0.5, 0.6) is 11.5 Å². The Balaban J connectivity index is 1.85. The van der Waals surface area contributed by atoms with E-state index in [0.717, 1.165) is 49.8 Å². The topological polar surface area (TPSA) is 64.6 Å². The molecule has 1 aliphatic rings. The van der Waals surface area contributed by atoms with Gasteiger partial charge in [0, 0.05) is 5.56 Å². The number of carbonyl (C=O) groups is 2. The molecule has 0 spiro atoms. The van der Waals surface area contributed by atoms with Crippen molar-refractivity contribution in [1.29, 1.82) is 0 Å². The highest BCUT2D eigenvalue weighted by molar-refractivity contribution is 6.21. The number of ether oxygens (including phenoxy) is 2. The maximum atomic E-state index is 13.3. The van der Waals surface area contributed by atoms with Crippen molar-refractivity contribution in [2.75, 3.05) is 19.5 Å². The fourth-order valence-corrected chi connectivity index (χ4v) is 4.75. The number of aryl methyl sites for hydroxylation is 3. The predicted octanol–water partition coefficient (Wildman–Crippen LogP) is 6.55. The number of carbonyl (C=O) groups excluding carboxylic acids is 2. The summed E-state index contributed by atoms with van der Waals surface area (Å²) in [5.74, 6) is 0.666. The zero-order valence-corrected chi connectivity index (χ0v) is 21.2. The minimum Gasteiger partial charge on any atom is -0.497 e. The molecule has 0 fully saturated rings. The normalized spacial score (nSPS) is 15.1. The van der Waals surface area contributed by atoms with Gasteiger partial charge in [-0.2, -0.15) is 0 Å². The predicted molar refractivity (Wildman–Crippen MR) is 137 cm³/mol. The van der Waals surface area contributed by atoms with Gasteiger partial charge in [-0.1, -0.05) is 52.0 Å². The fraction of sp³-hybridized carbons (Fsp3) is 0.517. The van der Waals surface area contributed by atoms with Crippen LogP contribution >= 0.6 is 0 Å². The maximum absolute atomic E-state index is 13.3. The molecule has 1 atom stereocenters. The molecular weight excluding hydrogens is 426 g/mol. The standard InChI is InChI=1S/C29H39NO4/c1-5-7-9-11-21-17-23(33-3)16-15-20(21)13-14-22-18-24(34-4)19-26-27(22)30-29(32)25(28(26)31)12-10-8-6-2/h15-19,25H,5-14H2,1-4H3,(H,30,32). The molecule has 0 bridgehead atoms. The largest absolute Gasteiger partial charge is 0.497 e. The van der Waals surface area contributed by atoms with Crippen molar-refractivity contribution in [3.63, 3.8) is 0 Å². The number of methoxy groups -OCH3 is 2. The van der Waals surface area contributed by atoms with E-state index in [9.17, 15) is 9.59 Å². The Morgan fingerprint density at radius 2 is 1.44 bits per heavy atom. The first-order valence-corrected chi connectivity index (χ1v) is 12.7. The van der Waals surface area contributed by atoms with Crippen LogP contribution in [0, 0.1) is 5.92 Å². The van der Waals surface area contributed by atoms with Crippen LogP contribution in [-0.4, -0.2) is 25.9 Å². The van der Waals surface area contributed by atoms with E-state index >= 15 is 0 Å². The summed E-state index contributed by atoms with van der Waals surface area (Å²) in [4.78, 5) is 26.1. The van der Waals surface area contributed by atoms with E-state index in [1.54, 1.807) is 20.3 Å². The number of unbranched alkanes of at least 4 members (excludes halogenated alkanes) is 4. The number of hydrogen-bond acceptors (Lipinski definition) is 4. The van der Waals surface area contributed by atoms with Crippen LogP contribution in [0.4, 0.5) is 5.69 Å². The molecule has 0 saturated carbocycles. The van der Waals surface area contributed by atoms with Gasteiger partial charge in [-0.05, 0) is 73.1 Å². The number of hydrogen-bond donors (Lipinski definition) is 1. The van der Waals surface area contributed by atoms with Gasteiger partial charge in [-0.15, -0.1) is 0 Å². The maximum Gasteiger partial charge on any atom is 0.235 e. The third-order valence-electron chi connectivity index (χ3n) is 6.80. The summed E-state index contributed by atoms with van der Waals surface area (Å²) in [5, 5.41) is 3.06. The molecule has 3 rings (SSSR count). The third kappa shape index (κ3) is 6.19. The van der Waals surface area contributed by atoms with Gasteiger partial charge in [0.1, 0.15) is 17.4 Å². The lowest BCUT2D eigenvalue weighted by Crippen LogP contribution is -2.36. The Hall–Kier alpha value is -2.82. The van der Waals surface area contributed by atoms with E-state index in [4.69, 9.17) is 9.47 Å². The lowest BCUT2D eigenvalue weighted by molar-refractivity contribution is -0.118. The smallest absolute Gasteiger partial charge is 0.235 e. The first-order chi connectivity index (χ1) is 16.5. The summed E-state index contributed by atoms with van der Waals surface area (Å²) in [6.07, 6.45) is 9.63. The number of Topliss-reactive ketones (excluding diaryl/α,β-unsaturated/α-hetero) is 1. The van der Waals surface area contributed by atoms with Crippen molar-refractivity contribution >= 4 is 17.4 Å². The molecular formula is C29H39NO4. The van der Waals surface area contributed by atoms with Crippen LogP contribution in [0.1, 0.15) is 85.8 Å². The second kappa shape index (κ2) is 12.6. The zero-order valence-electron chi connectivity index (χ0n) is 21.2. The minimum absolute atomic E-state index is 0.0836. The number of ketones is 1. The third-order valence-corrected chi connectivity index (χ3v) is 6.80. The first kappa shape index (κ1) is 25.8. The lowest BCUT2D eigenvalue weighted by atomic mass is 9.85. The van der Waals surface area contributed by atoms with Crippen LogP contribution in [0.15, 0.2) is 30.3 Å². The van der Waals surface area contributed by atoms with E-state index in [2.05, 4.69) is 31.3 Å². The van der Waals surface area contributed by atoms with Crippen LogP contribution in [-0.2, 0) is 24.1 Å². The Morgan fingerprint density at radius 1 is 0.765 bits per heavy atom. The Morgan fingerprint density at radius 3 is 2.15 bits per heavy atom. The van der Waals surface area contributed by atoms with Crippen LogP contribution in [0.2, 0.25) is 0 Å². The summed E-state index contributed by atoms with van der Waals surface area (Å²) in [6.45, 7) is 4.33. The summed E-state index contributed by atoms with van der Waals surface area (Å²) in [5.41, 5.74) is 4.76. The van der Waals surface area contributed by atoms with Crippen molar-refractivity contribution in [3.05, 3.63) is 52.6 Å². The molecule has 34 heavy (non-hydrogen) atoms. The SMILES string of the molecule is CCCCCc1cc(OC)ccc1CCc1cc(OC)cc2c1NC(=O)C(CCCCC)C2=O. The molecule has 0 aromatic heterocycles. The van der Waals surface area contributed by atoms with Gasteiger partial charge in [0.05, 0.1) is 19.9 Å². The van der Waals surface area contributed by atoms with E-state index in [1.165, 1.54) is 24.0 Å². The van der Waals surface area contributed by atoms with Gasteiger partial charge in [-0.3, -0.25) is 9.59 Å².